The Bertz CT molecular complexity index is 482. The van der Waals surface area contributed by atoms with Crippen LogP contribution in [-0.2, 0) is 6.18 Å². The molecule has 1 spiro atoms. The molecule has 0 unspecified atom stereocenters. The molecule has 1 saturated carbocycles. The largest absolute Gasteiger partial charge is 0.416 e. The minimum Gasteiger partial charge on any atom is -0.397 e. The lowest BCUT2D eigenvalue weighted by Gasteiger charge is -2.50. The summed E-state index contributed by atoms with van der Waals surface area (Å²) in [5.41, 5.74) is 6.48. The highest BCUT2D eigenvalue weighted by Crippen LogP contribution is 2.48. The summed E-state index contributed by atoms with van der Waals surface area (Å²) >= 11 is 0. The van der Waals surface area contributed by atoms with Crippen molar-refractivity contribution in [1.29, 1.82) is 0 Å². The van der Waals surface area contributed by atoms with Gasteiger partial charge in [0.05, 0.1) is 16.9 Å². The third kappa shape index (κ3) is 2.15. The van der Waals surface area contributed by atoms with Crippen LogP contribution >= 0.6 is 0 Å². The summed E-state index contributed by atoms with van der Waals surface area (Å²) in [6.07, 6.45) is 0.703. The molecule has 3 rings (SSSR count). The number of rotatable bonds is 1. The van der Waals surface area contributed by atoms with Gasteiger partial charge in [0.15, 0.2) is 0 Å². The minimum atomic E-state index is -4.33. The lowest BCUT2D eigenvalue weighted by Crippen LogP contribution is -2.55. The van der Waals surface area contributed by atoms with Crippen LogP contribution in [-0.4, -0.2) is 13.1 Å². The van der Waals surface area contributed by atoms with Crippen molar-refractivity contribution in [2.24, 2.45) is 5.41 Å². The van der Waals surface area contributed by atoms with E-state index in [1.807, 2.05) is 0 Å². The number of halogens is 3. The molecule has 1 heterocycles. The van der Waals surface area contributed by atoms with Crippen LogP contribution in [0.3, 0.4) is 0 Å². The first-order chi connectivity index (χ1) is 8.90. The molecule has 104 valence electrons. The van der Waals surface area contributed by atoms with E-state index in [0.717, 1.165) is 30.9 Å². The first-order valence-electron chi connectivity index (χ1n) is 6.61. The van der Waals surface area contributed by atoms with Gasteiger partial charge in [0.25, 0.3) is 0 Å². The smallest absolute Gasteiger partial charge is 0.397 e. The van der Waals surface area contributed by atoms with Crippen LogP contribution in [0.25, 0.3) is 0 Å². The Hall–Kier alpha value is -1.39. The molecule has 0 radical (unpaired) electrons. The lowest BCUT2D eigenvalue weighted by atomic mass is 9.78. The molecule has 1 aliphatic carbocycles. The second-order valence-corrected chi connectivity index (χ2v) is 5.83. The standard InChI is InChI=1S/C14H17F3N2/c15-14(16,17)10-3-4-12(11(18)7-10)19-8-13(9-19)5-1-2-6-13/h3-4,7H,1-2,5-6,8-9,18H2. The second-order valence-electron chi connectivity index (χ2n) is 5.83. The van der Waals surface area contributed by atoms with Crippen LogP contribution in [0.5, 0.6) is 0 Å². The number of nitrogens with zero attached hydrogens (tertiary/aromatic N) is 1. The third-order valence-corrected chi connectivity index (χ3v) is 4.41. The molecule has 1 aromatic rings. The molecular weight excluding hydrogens is 253 g/mol. The van der Waals surface area contributed by atoms with Crippen molar-refractivity contribution in [3.63, 3.8) is 0 Å². The SMILES string of the molecule is Nc1cc(C(F)(F)F)ccc1N1CC2(CCCC2)C1. The summed E-state index contributed by atoms with van der Waals surface area (Å²) in [6.45, 7) is 1.87. The van der Waals surface area contributed by atoms with E-state index in [1.54, 1.807) is 0 Å². The van der Waals surface area contributed by atoms with Crippen LogP contribution in [0.15, 0.2) is 18.2 Å². The van der Waals surface area contributed by atoms with Gasteiger partial charge in [-0.3, -0.25) is 0 Å². The van der Waals surface area contributed by atoms with E-state index >= 15 is 0 Å². The van der Waals surface area contributed by atoms with Gasteiger partial charge in [-0.2, -0.15) is 13.2 Å². The van der Waals surface area contributed by atoms with Crippen molar-refractivity contribution < 1.29 is 13.2 Å². The van der Waals surface area contributed by atoms with Gasteiger partial charge in [0.2, 0.25) is 0 Å². The molecule has 1 saturated heterocycles. The molecule has 2 fully saturated rings. The first-order valence-corrected chi connectivity index (χ1v) is 6.61. The predicted molar refractivity (Wildman–Crippen MR) is 69.0 cm³/mol. The van der Waals surface area contributed by atoms with E-state index in [-0.39, 0.29) is 5.69 Å². The molecule has 2 nitrogen and oxygen atoms in total. The molecule has 0 aromatic heterocycles. The molecule has 19 heavy (non-hydrogen) atoms. The highest BCUT2D eigenvalue weighted by molar-refractivity contribution is 5.70. The quantitative estimate of drug-likeness (QED) is 0.789. The molecule has 2 aliphatic rings. The average molecular weight is 270 g/mol. The Morgan fingerprint density at radius 1 is 1.11 bits per heavy atom. The van der Waals surface area contributed by atoms with Crippen molar-refractivity contribution in [3.05, 3.63) is 23.8 Å². The van der Waals surface area contributed by atoms with Crippen molar-refractivity contribution >= 4 is 11.4 Å². The van der Waals surface area contributed by atoms with Crippen LogP contribution in [0.2, 0.25) is 0 Å². The van der Waals surface area contributed by atoms with E-state index in [9.17, 15) is 13.2 Å². The van der Waals surface area contributed by atoms with Crippen LogP contribution in [0, 0.1) is 5.41 Å². The van der Waals surface area contributed by atoms with Gasteiger partial charge in [-0.1, -0.05) is 12.8 Å². The van der Waals surface area contributed by atoms with Gasteiger partial charge >= 0.3 is 6.18 Å². The zero-order valence-electron chi connectivity index (χ0n) is 10.6. The highest BCUT2D eigenvalue weighted by atomic mass is 19.4. The normalized spacial score (nSPS) is 21.7. The van der Waals surface area contributed by atoms with Gasteiger partial charge in [-0.25, -0.2) is 0 Å². The summed E-state index contributed by atoms with van der Waals surface area (Å²) in [4.78, 5) is 2.10. The maximum atomic E-state index is 12.6. The highest BCUT2D eigenvalue weighted by Gasteiger charge is 2.45. The number of benzene rings is 1. The van der Waals surface area contributed by atoms with Crippen LogP contribution in [0.1, 0.15) is 31.2 Å². The van der Waals surface area contributed by atoms with Crippen LogP contribution < -0.4 is 10.6 Å². The zero-order chi connectivity index (χ0) is 13.7. The number of hydrogen-bond donors (Lipinski definition) is 1. The van der Waals surface area contributed by atoms with E-state index in [0.29, 0.717) is 5.41 Å². The summed E-state index contributed by atoms with van der Waals surface area (Å²) in [5.74, 6) is 0. The fourth-order valence-electron chi connectivity index (χ4n) is 3.39. The Balaban J connectivity index is 1.76. The maximum Gasteiger partial charge on any atom is 0.416 e. The van der Waals surface area contributed by atoms with E-state index in [4.69, 9.17) is 5.73 Å². The number of anilines is 2. The van der Waals surface area contributed by atoms with Gasteiger partial charge in [-0.15, -0.1) is 0 Å². The molecule has 0 amide bonds. The van der Waals surface area contributed by atoms with E-state index in [1.165, 1.54) is 31.7 Å². The number of nitrogens with two attached hydrogens (primary N) is 1. The number of hydrogen-bond acceptors (Lipinski definition) is 2. The second kappa shape index (κ2) is 4.05. The fraction of sp³-hybridized carbons (Fsp3) is 0.571. The van der Waals surface area contributed by atoms with Gasteiger partial charge in [0.1, 0.15) is 0 Å². The third-order valence-electron chi connectivity index (χ3n) is 4.41. The number of alkyl halides is 3. The van der Waals surface area contributed by atoms with Crippen molar-refractivity contribution in [3.8, 4) is 0 Å². The summed E-state index contributed by atoms with van der Waals surface area (Å²) in [7, 11) is 0. The first kappa shape index (κ1) is 12.6. The zero-order valence-corrected chi connectivity index (χ0v) is 10.6. The molecule has 1 aromatic carbocycles. The molecule has 2 N–H and O–H groups in total. The van der Waals surface area contributed by atoms with Crippen LogP contribution in [0.4, 0.5) is 24.5 Å². The molecule has 0 bridgehead atoms. The Morgan fingerprint density at radius 3 is 2.26 bits per heavy atom. The van der Waals surface area contributed by atoms with Crippen molar-refractivity contribution in [2.75, 3.05) is 23.7 Å². The molecule has 5 heteroatoms. The topological polar surface area (TPSA) is 29.3 Å². The summed E-state index contributed by atoms with van der Waals surface area (Å²) in [5, 5.41) is 0. The predicted octanol–water partition coefficient (Wildman–Crippen LogP) is 3.67. The summed E-state index contributed by atoms with van der Waals surface area (Å²) in [6, 6.07) is 3.65. The number of nitrogen functional groups attached to an aromatic ring is 1. The van der Waals surface area contributed by atoms with Gasteiger partial charge in [0, 0.05) is 18.5 Å². The average Bonchev–Trinajstić information content (AvgIpc) is 2.75. The molecule has 1 aliphatic heterocycles. The van der Waals surface area contributed by atoms with Gasteiger partial charge in [-0.05, 0) is 31.0 Å². The maximum absolute atomic E-state index is 12.6. The molecule has 0 atom stereocenters. The lowest BCUT2D eigenvalue weighted by molar-refractivity contribution is -0.137. The Morgan fingerprint density at radius 2 is 1.74 bits per heavy atom. The fourth-order valence-corrected chi connectivity index (χ4v) is 3.39. The van der Waals surface area contributed by atoms with Crippen molar-refractivity contribution in [2.45, 2.75) is 31.9 Å². The van der Waals surface area contributed by atoms with Crippen molar-refractivity contribution in [1.82, 2.24) is 0 Å². The Labute approximate surface area is 110 Å². The van der Waals surface area contributed by atoms with E-state index < -0.39 is 11.7 Å². The molecular formula is C14H17F3N2. The summed E-state index contributed by atoms with van der Waals surface area (Å²) < 4.78 is 37.7. The van der Waals surface area contributed by atoms with E-state index in [2.05, 4.69) is 4.90 Å². The van der Waals surface area contributed by atoms with Gasteiger partial charge < -0.3 is 10.6 Å². The monoisotopic (exact) mass is 270 g/mol. The minimum absolute atomic E-state index is 0.225. The Kier molecular flexibility index (Phi) is 2.69.